The molecule has 0 amide bonds. The van der Waals surface area contributed by atoms with E-state index in [0.717, 1.165) is 6.07 Å². The predicted octanol–water partition coefficient (Wildman–Crippen LogP) is 2.15. The first kappa shape index (κ1) is 6.08. The van der Waals surface area contributed by atoms with Crippen molar-refractivity contribution in [2.24, 2.45) is 0 Å². The Hall–Kier alpha value is -1.05. The monoisotopic (exact) mass is 127 g/mol. The van der Waals surface area contributed by atoms with Crippen LogP contribution in [0.15, 0.2) is 18.2 Å². The number of benzene rings is 1. The molecule has 1 aromatic rings. The summed E-state index contributed by atoms with van der Waals surface area (Å²) in [5.74, 6) is -1.71. The molecule has 0 N–H and O–H groups in total. The maximum atomic E-state index is 12.3. The van der Waals surface area contributed by atoms with Gasteiger partial charge in [-0.05, 0) is 6.07 Å². The van der Waals surface area contributed by atoms with Crippen molar-refractivity contribution in [1.29, 1.82) is 0 Å². The van der Waals surface area contributed by atoms with E-state index in [1.807, 2.05) is 0 Å². The van der Waals surface area contributed by atoms with E-state index in [0.29, 0.717) is 0 Å². The number of halogens is 2. The predicted molar refractivity (Wildman–Crippen MR) is 30.8 cm³/mol. The van der Waals surface area contributed by atoms with Crippen LogP contribution in [0.1, 0.15) is 5.56 Å². The summed E-state index contributed by atoms with van der Waals surface area (Å²) in [5, 5.41) is 0. The van der Waals surface area contributed by atoms with Crippen LogP contribution in [-0.4, -0.2) is 0 Å². The van der Waals surface area contributed by atoms with Crippen molar-refractivity contribution in [3.8, 4) is 0 Å². The van der Waals surface area contributed by atoms with Crippen molar-refractivity contribution >= 4 is 0 Å². The van der Waals surface area contributed by atoms with Crippen molar-refractivity contribution in [2.75, 3.05) is 0 Å². The molecule has 0 saturated heterocycles. The van der Waals surface area contributed by atoms with Crippen molar-refractivity contribution in [1.82, 2.24) is 0 Å². The fourth-order valence-corrected chi connectivity index (χ4v) is 0.548. The molecule has 0 heterocycles. The second-order valence-corrected chi connectivity index (χ2v) is 1.71. The van der Waals surface area contributed by atoms with Crippen molar-refractivity contribution in [3.05, 3.63) is 42.3 Å². The van der Waals surface area contributed by atoms with E-state index in [4.69, 9.17) is 0 Å². The summed E-state index contributed by atoms with van der Waals surface area (Å²) in [6.07, 6.45) is 0. The lowest BCUT2D eigenvalue weighted by atomic mass is 10.2. The highest BCUT2D eigenvalue weighted by molar-refractivity contribution is 5.20. The Kier molecular flexibility index (Phi) is 1.39. The maximum Gasteiger partial charge on any atom is 0.102 e. The third-order valence-electron chi connectivity index (χ3n) is 1.03. The molecule has 0 aromatic heterocycles. The molecule has 0 unspecified atom stereocenters. The molecule has 0 aliphatic rings. The molecule has 1 aromatic carbocycles. The molecule has 0 radical (unpaired) electrons. The first-order valence-corrected chi connectivity index (χ1v) is 2.48. The number of hydrogen-bond acceptors (Lipinski definition) is 0. The third kappa shape index (κ3) is 1.02. The van der Waals surface area contributed by atoms with Crippen LogP contribution in [0.25, 0.3) is 0 Å². The highest BCUT2D eigenvalue weighted by Crippen LogP contribution is 2.08. The number of hydrogen-bond donors (Lipinski definition) is 0. The Balaban J connectivity index is 3.25. The molecule has 0 atom stereocenters. The highest BCUT2D eigenvalue weighted by Gasteiger charge is 1.91. The lowest BCUT2D eigenvalue weighted by Crippen LogP contribution is -1.85. The minimum Gasteiger partial charge on any atom is -0.281 e. The SMILES string of the molecule is [CH2-]c1cccc(F)c1F. The minimum absolute atomic E-state index is 0.0926. The summed E-state index contributed by atoms with van der Waals surface area (Å²) in [4.78, 5) is 0. The Morgan fingerprint density at radius 2 is 1.89 bits per heavy atom. The van der Waals surface area contributed by atoms with Gasteiger partial charge in [0, 0.05) is 0 Å². The molecular weight excluding hydrogens is 122 g/mol. The Morgan fingerprint density at radius 3 is 2.33 bits per heavy atom. The zero-order valence-corrected chi connectivity index (χ0v) is 4.70. The summed E-state index contributed by atoms with van der Waals surface area (Å²) < 4.78 is 24.5. The standard InChI is InChI=1S/C7H5F2/c1-5-3-2-4-6(8)7(5)9/h2-4H,1H2/q-1. The summed E-state index contributed by atoms with van der Waals surface area (Å²) >= 11 is 0. The normalized spacial score (nSPS) is 9.56. The van der Waals surface area contributed by atoms with Crippen LogP contribution in [0.4, 0.5) is 8.78 Å². The van der Waals surface area contributed by atoms with Gasteiger partial charge >= 0.3 is 0 Å². The molecule has 0 nitrogen and oxygen atoms in total. The fraction of sp³-hybridized carbons (Fsp3) is 0. The van der Waals surface area contributed by atoms with Gasteiger partial charge in [0.2, 0.25) is 0 Å². The number of rotatable bonds is 0. The van der Waals surface area contributed by atoms with E-state index < -0.39 is 11.6 Å². The summed E-state index contributed by atoms with van der Waals surface area (Å²) in [7, 11) is 0. The van der Waals surface area contributed by atoms with E-state index in [9.17, 15) is 8.78 Å². The topological polar surface area (TPSA) is 0 Å². The van der Waals surface area contributed by atoms with E-state index in [2.05, 4.69) is 6.92 Å². The van der Waals surface area contributed by atoms with Gasteiger partial charge in [-0.25, -0.2) is 4.39 Å². The molecule has 0 bridgehead atoms. The molecule has 0 spiro atoms. The average Bonchev–Trinajstić information content (AvgIpc) is 1.83. The van der Waals surface area contributed by atoms with Gasteiger partial charge in [-0.15, -0.1) is 6.07 Å². The summed E-state index contributed by atoms with van der Waals surface area (Å²) in [6, 6.07) is 3.89. The van der Waals surface area contributed by atoms with Gasteiger partial charge in [-0.1, -0.05) is 0 Å². The largest absolute Gasteiger partial charge is 0.281 e. The third-order valence-corrected chi connectivity index (χ3v) is 1.03. The summed E-state index contributed by atoms with van der Waals surface area (Å²) in [6.45, 7) is 3.27. The molecule has 0 aliphatic heterocycles. The van der Waals surface area contributed by atoms with Crippen LogP contribution in [0.2, 0.25) is 0 Å². The maximum absolute atomic E-state index is 12.3. The van der Waals surface area contributed by atoms with Gasteiger partial charge in [0.15, 0.2) is 0 Å². The minimum atomic E-state index is -0.863. The Bertz CT molecular complexity index is 198. The lowest BCUT2D eigenvalue weighted by molar-refractivity contribution is 0.505. The van der Waals surface area contributed by atoms with Crippen LogP contribution in [0.5, 0.6) is 0 Å². The molecule has 48 valence electrons. The molecule has 2 heteroatoms. The molecule has 0 fully saturated rings. The zero-order valence-electron chi connectivity index (χ0n) is 4.70. The van der Waals surface area contributed by atoms with Gasteiger partial charge in [-0.2, -0.15) is 18.6 Å². The lowest BCUT2D eigenvalue weighted by Gasteiger charge is -2.03. The van der Waals surface area contributed by atoms with Crippen LogP contribution in [0, 0.1) is 18.6 Å². The first-order valence-electron chi connectivity index (χ1n) is 2.48. The van der Waals surface area contributed by atoms with E-state index >= 15 is 0 Å². The fourth-order valence-electron chi connectivity index (χ4n) is 0.548. The average molecular weight is 127 g/mol. The van der Waals surface area contributed by atoms with Gasteiger partial charge in [0.25, 0.3) is 0 Å². The van der Waals surface area contributed by atoms with Crippen molar-refractivity contribution < 1.29 is 8.78 Å². The van der Waals surface area contributed by atoms with Crippen LogP contribution >= 0.6 is 0 Å². The second-order valence-electron chi connectivity index (χ2n) is 1.71. The van der Waals surface area contributed by atoms with Crippen LogP contribution in [0.3, 0.4) is 0 Å². The van der Waals surface area contributed by atoms with Gasteiger partial charge in [0.05, 0.1) is 5.82 Å². The smallest absolute Gasteiger partial charge is 0.102 e. The molecule has 0 aliphatic carbocycles. The van der Waals surface area contributed by atoms with E-state index in [1.54, 1.807) is 0 Å². The van der Waals surface area contributed by atoms with Crippen LogP contribution < -0.4 is 0 Å². The Morgan fingerprint density at radius 1 is 1.22 bits per heavy atom. The van der Waals surface area contributed by atoms with E-state index in [-0.39, 0.29) is 5.56 Å². The molecule has 1 rings (SSSR count). The molecule has 9 heavy (non-hydrogen) atoms. The molecular formula is C7H5F2-. The Labute approximate surface area is 52.1 Å². The zero-order chi connectivity index (χ0) is 6.85. The second kappa shape index (κ2) is 2.05. The highest BCUT2D eigenvalue weighted by atomic mass is 19.2. The van der Waals surface area contributed by atoms with Gasteiger partial charge in [0.1, 0.15) is 5.82 Å². The van der Waals surface area contributed by atoms with Gasteiger partial charge in [-0.3, -0.25) is 4.39 Å². The van der Waals surface area contributed by atoms with Crippen LogP contribution in [-0.2, 0) is 0 Å². The quantitative estimate of drug-likeness (QED) is 0.468. The van der Waals surface area contributed by atoms with Crippen molar-refractivity contribution in [2.45, 2.75) is 0 Å². The molecule has 0 saturated carbocycles. The first-order chi connectivity index (χ1) is 4.22. The van der Waals surface area contributed by atoms with E-state index in [1.165, 1.54) is 12.1 Å². The summed E-state index contributed by atoms with van der Waals surface area (Å²) in [5.41, 5.74) is 0.0926. The van der Waals surface area contributed by atoms with Crippen molar-refractivity contribution in [3.63, 3.8) is 0 Å². The van der Waals surface area contributed by atoms with Gasteiger partial charge < -0.3 is 0 Å².